The van der Waals surface area contributed by atoms with Crippen LogP contribution in [0.3, 0.4) is 0 Å². The van der Waals surface area contributed by atoms with E-state index in [-0.39, 0.29) is 47.6 Å². The summed E-state index contributed by atoms with van der Waals surface area (Å²) in [6.07, 6.45) is 5.71. The van der Waals surface area contributed by atoms with Crippen molar-refractivity contribution in [2.75, 3.05) is 13.6 Å². The summed E-state index contributed by atoms with van der Waals surface area (Å²) < 4.78 is 17.6. The fraction of sp³-hybridized carbons (Fsp3) is 0.615. The molecule has 7 nitrogen and oxygen atoms in total. The summed E-state index contributed by atoms with van der Waals surface area (Å²) in [5.74, 6) is 0.229. The van der Waals surface area contributed by atoms with Crippen LogP contribution >= 0.6 is 0 Å². The molecule has 2 bridgehead atoms. The number of esters is 2. The molecule has 33 heavy (non-hydrogen) atoms. The highest BCUT2D eigenvalue weighted by Crippen LogP contribution is 2.63. The summed E-state index contributed by atoms with van der Waals surface area (Å²) in [7, 11) is 2.15. The highest BCUT2D eigenvalue weighted by molar-refractivity contribution is 5.71. The highest BCUT2D eigenvalue weighted by atomic mass is 16.6. The average Bonchev–Trinajstić information content (AvgIpc) is 3.05. The second-order valence-corrected chi connectivity index (χ2v) is 10.9. The van der Waals surface area contributed by atoms with E-state index in [1.54, 1.807) is 6.07 Å². The van der Waals surface area contributed by atoms with Crippen molar-refractivity contribution >= 4 is 11.9 Å². The molecule has 2 heterocycles. The van der Waals surface area contributed by atoms with Crippen LogP contribution in [0, 0.1) is 5.92 Å². The standard InChI is InChI=1S/C26H33NO6/c1-14(28)31-20-8-7-17-18-13-16-15(6-9-21(30)33-25(2,3)4)12-19(29)23-22(16)26(17,24(20)32-23)10-11-27(18)5/h7-8,12,17-18,20,24,29H,6,9-11,13H2,1-5H3/t17?,18-,20+,24+,26+/m1/s1. The predicted molar refractivity (Wildman–Crippen MR) is 121 cm³/mol. The number of ether oxygens (including phenoxy) is 3. The summed E-state index contributed by atoms with van der Waals surface area (Å²) in [4.78, 5) is 26.6. The van der Waals surface area contributed by atoms with Crippen LogP contribution in [0.4, 0.5) is 0 Å². The van der Waals surface area contributed by atoms with Gasteiger partial charge in [0.25, 0.3) is 0 Å². The molecule has 0 radical (unpaired) electrons. The van der Waals surface area contributed by atoms with Gasteiger partial charge in [0.2, 0.25) is 0 Å². The van der Waals surface area contributed by atoms with Gasteiger partial charge in [0, 0.05) is 36.3 Å². The Hall–Kier alpha value is -2.54. The molecule has 1 unspecified atom stereocenters. The van der Waals surface area contributed by atoms with Gasteiger partial charge in [0.05, 0.1) is 0 Å². The smallest absolute Gasteiger partial charge is 0.306 e. The van der Waals surface area contributed by atoms with Crippen molar-refractivity contribution in [3.05, 3.63) is 34.9 Å². The summed E-state index contributed by atoms with van der Waals surface area (Å²) in [5, 5.41) is 11.0. The van der Waals surface area contributed by atoms with Gasteiger partial charge in [0.1, 0.15) is 11.7 Å². The molecule has 0 saturated carbocycles. The highest BCUT2D eigenvalue weighted by Gasteiger charge is 2.65. The number of hydrogen-bond acceptors (Lipinski definition) is 7. The largest absolute Gasteiger partial charge is 0.504 e. The third-order valence-corrected chi connectivity index (χ3v) is 7.67. The lowest BCUT2D eigenvalue weighted by molar-refractivity contribution is -0.155. The molecule has 4 aliphatic rings. The number of phenols is 1. The maximum absolute atomic E-state index is 12.4. The molecule has 5 atom stereocenters. The number of nitrogens with zero attached hydrogens (tertiary/aromatic N) is 1. The number of rotatable bonds is 4. The Bertz CT molecular complexity index is 1040. The van der Waals surface area contributed by atoms with Crippen molar-refractivity contribution in [2.45, 2.75) is 82.6 Å². The van der Waals surface area contributed by atoms with Crippen LogP contribution in [0.1, 0.15) is 57.2 Å². The number of piperidine rings is 1. The number of benzene rings is 1. The Morgan fingerprint density at radius 3 is 2.76 bits per heavy atom. The molecular weight excluding hydrogens is 422 g/mol. The van der Waals surface area contributed by atoms with Crippen molar-refractivity contribution in [1.29, 1.82) is 0 Å². The number of carbonyl (C=O) groups is 2. The van der Waals surface area contributed by atoms with Crippen molar-refractivity contribution < 1.29 is 28.9 Å². The quantitative estimate of drug-likeness (QED) is 0.552. The number of phenolic OH excluding ortho intramolecular Hbond substituents is 1. The van der Waals surface area contributed by atoms with Crippen LogP contribution in [0.25, 0.3) is 0 Å². The zero-order chi connectivity index (χ0) is 23.7. The van der Waals surface area contributed by atoms with Crippen molar-refractivity contribution in [2.24, 2.45) is 5.92 Å². The molecule has 1 aromatic rings. The minimum Gasteiger partial charge on any atom is -0.504 e. The van der Waals surface area contributed by atoms with E-state index >= 15 is 0 Å². The third kappa shape index (κ3) is 3.43. The SMILES string of the molecule is CC(=O)O[C@H]1C=CC2[C@H]3Cc4c(CCC(=O)OC(C)(C)C)cc(O)c5c4[C@@]2(CCN3C)[C@H]1O5. The molecule has 5 rings (SSSR count). The molecule has 1 aromatic carbocycles. The Morgan fingerprint density at radius 1 is 1.30 bits per heavy atom. The molecule has 1 spiro atoms. The Kier molecular flexibility index (Phi) is 5.05. The molecule has 1 N–H and O–H groups in total. The molecule has 1 saturated heterocycles. The van der Waals surface area contributed by atoms with E-state index in [0.29, 0.717) is 12.2 Å². The summed E-state index contributed by atoms with van der Waals surface area (Å²) in [6, 6.07) is 2.03. The van der Waals surface area contributed by atoms with E-state index in [0.717, 1.165) is 30.5 Å². The van der Waals surface area contributed by atoms with Gasteiger partial charge >= 0.3 is 11.9 Å². The van der Waals surface area contributed by atoms with Gasteiger partial charge in [-0.2, -0.15) is 0 Å². The molecule has 2 aliphatic carbocycles. The maximum Gasteiger partial charge on any atom is 0.306 e. The summed E-state index contributed by atoms with van der Waals surface area (Å²) >= 11 is 0. The van der Waals surface area contributed by atoms with E-state index in [1.807, 2.05) is 26.8 Å². The first-order chi connectivity index (χ1) is 15.5. The maximum atomic E-state index is 12.4. The van der Waals surface area contributed by atoms with Crippen molar-refractivity contribution in [3.63, 3.8) is 0 Å². The number of aromatic hydroxyl groups is 1. The molecule has 0 amide bonds. The van der Waals surface area contributed by atoms with Crippen LogP contribution in [-0.2, 0) is 37.3 Å². The number of hydrogen-bond donors (Lipinski definition) is 1. The predicted octanol–water partition coefficient (Wildman–Crippen LogP) is 3.04. The zero-order valence-corrected chi connectivity index (χ0v) is 20.0. The number of likely N-dealkylation sites (tertiary alicyclic amines) is 1. The van der Waals surface area contributed by atoms with Gasteiger partial charge < -0.3 is 24.2 Å². The van der Waals surface area contributed by atoms with Crippen LogP contribution < -0.4 is 4.74 Å². The van der Waals surface area contributed by atoms with Crippen LogP contribution in [0.5, 0.6) is 11.5 Å². The summed E-state index contributed by atoms with van der Waals surface area (Å²) in [5.41, 5.74) is 2.31. The van der Waals surface area contributed by atoms with Crippen LogP contribution in [0.15, 0.2) is 18.2 Å². The Morgan fingerprint density at radius 2 is 2.06 bits per heavy atom. The first-order valence-corrected chi connectivity index (χ1v) is 11.8. The number of aryl methyl sites for hydroxylation is 1. The molecule has 2 aliphatic heterocycles. The monoisotopic (exact) mass is 455 g/mol. The topological polar surface area (TPSA) is 85.3 Å². The lowest BCUT2D eigenvalue weighted by Gasteiger charge is -2.56. The van der Waals surface area contributed by atoms with E-state index in [2.05, 4.69) is 18.0 Å². The van der Waals surface area contributed by atoms with E-state index in [1.165, 1.54) is 12.5 Å². The molecule has 0 aromatic heterocycles. The fourth-order valence-corrected chi connectivity index (χ4v) is 6.52. The number of likely N-dealkylation sites (N-methyl/N-ethyl adjacent to an activating group) is 1. The zero-order valence-electron chi connectivity index (χ0n) is 20.0. The van der Waals surface area contributed by atoms with Gasteiger partial charge in [0.15, 0.2) is 17.6 Å². The van der Waals surface area contributed by atoms with Gasteiger partial charge in [-0.1, -0.05) is 6.08 Å². The first-order valence-electron chi connectivity index (χ1n) is 11.8. The van der Waals surface area contributed by atoms with Crippen LogP contribution in [0.2, 0.25) is 0 Å². The van der Waals surface area contributed by atoms with Crippen molar-refractivity contribution in [1.82, 2.24) is 4.90 Å². The van der Waals surface area contributed by atoms with E-state index in [4.69, 9.17) is 14.2 Å². The molecular formula is C26H33NO6. The lowest BCUT2D eigenvalue weighted by Crippen LogP contribution is -2.65. The third-order valence-electron chi connectivity index (χ3n) is 7.67. The second-order valence-electron chi connectivity index (χ2n) is 10.9. The Balaban J connectivity index is 1.57. The molecule has 7 heteroatoms. The van der Waals surface area contributed by atoms with Gasteiger partial charge in [-0.3, -0.25) is 9.59 Å². The summed E-state index contributed by atoms with van der Waals surface area (Å²) in [6.45, 7) is 7.90. The van der Waals surface area contributed by atoms with E-state index in [9.17, 15) is 14.7 Å². The van der Waals surface area contributed by atoms with Gasteiger partial charge in [-0.25, -0.2) is 0 Å². The normalized spacial score (nSPS) is 31.5. The second kappa shape index (κ2) is 7.49. The van der Waals surface area contributed by atoms with Crippen molar-refractivity contribution in [3.8, 4) is 11.5 Å². The van der Waals surface area contributed by atoms with Crippen LogP contribution in [-0.4, -0.2) is 59.4 Å². The minimum atomic E-state index is -0.529. The lowest BCUT2D eigenvalue weighted by atomic mass is 9.53. The minimum absolute atomic E-state index is 0.0921. The van der Waals surface area contributed by atoms with Gasteiger partial charge in [-0.05, 0) is 76.9 Å². The average molecular weight is 456 g/mol. The number of carbonyl (C=O) groups excluding carboxylic acids is 2. The van der Waals surface area contributed by atoms with E-state index < -0.39 is 11.7 Å². The first kappa shape index (κ1) is 22.3. The Labute approximate surface area is 194 Å². The fourth-order valence-electron chi connectivity index (χ4n) is 6.52. The molecule has 178 valence electrons. The molecule has 1 fully saturated rings. The van der Waals surface area contributed by atoms with Gasteiger partial charge in [-0.15, -0.1) is 0 Å².